The van der Waals surface area contributed by atoms with Gasteiger partial charge in [0.25, 0.3) is 0 Å². The third kappa shape index (κ3) is 4.48. The summed E-state index contributed by atoms with van der Waals surface area (Å²) in [6.07, 6.45) is 0. The van der Waals surface area contributed by atoms with Crippen LogP contribution in [0.1, 0.15) is 34.5 Å². The average molecular weight is 429 g/mol. The lowest BCUT2D eigenvalue weighted by Gasteiger charge is -2.18. The van der Waals surface area contributed by atoms with Gasteiger partial charge in [-0.1, -0.05) is 42.5 Å². The van der Waals surface area contributed by atoms with Crippen LogP contribution in [0.5, 0.6) is 5.75 Å². The number of carbonyl (C=O) groups is 1. The van der Waals surface area contributed by atoms with Crippen LogP contribution in [-0.2, 0) is 6.54 Å². The number of nitrogens with one attached hydrogen (secondary N) is 1. The number of halogens is 1. The zero-order valence-electron chi connectivity index (χ0n) is 17.9. The van der Waals surface area contributed by atoms with Gasteiger partial charge in [0.05, 0.1) is 12.7 Å². The monoisotopic (exact) mass is 429 g/mol. The number of carboxylic acid groups (broad SMARTS) is 1. The molecule has 2 N–H and O–H groups in total. The summed E-state index contributed by atoms with van der Waals surface area (Å²) in [4.78, 5) is 11.2. The van der Waals surface area contributed by atoms with E-state index < -0.39 is 11.8 Å². The minimum atomic E-state index is -1.27. The third-order valence-electron chi connectivity index (χ3n) is 5.64. The Bertz CT molecular complexity index is 1290. The quantitative estimate of drug-likeness (QED) is 0.367. The van der Waals surface area contributed by atoms with E-state index >= 15 is 0 Å². The lowest BCUT2D eigenvalue weighted by atomic mass is 9.93. The summed E-state index contributed by atoms with van der Waals surface area (Å²) < 4.78 is 19.7. The van der Waals surface area contributed by atoms with E-state index in [-0.39, 0.29) is 11.6 Å². The molecule has 0 amide bonds. The van der Waals surface area contributed by atoms with Crippen LogP contribution in [0, 0.1) is 5.82 Å². The Labute approximate surface area is 186 Å². The molecule has 0 spiro atoms. The highest BCUT2D eigenvalue weighted by atomic mass is 19.1. The van der Waals surface area contributed by atoms with Gasteiger partial charge in [-0.05, 0) is 76.3 Å². The first-order valence-electron chi connectivity index (χ1n) is 10.4. The Morgan fingerprint density at radius 3 is 2.59 bits per heavy atom. The molecule has 162 valence electrons. The van der Waals surface area contributed by atoms with Crippen molar-refractivity contribution in [1.82, 2.24) is 5.32 Å². The Morgan fingerprint density at radius 2 is 1.84 bits per heavy atom. The molecule has 1 atom stereocenters. The molecule has 0 radical (unpaired) electrons. The molecule has 0 aliphatic rings. The number of ether oxygens (including phenoxy) is 1. The predicted molar refractivity (Wildman–Crippen MR) is 125 cm³/mol. The van der Waals surface area contributed by atoms with Gasteiger partial charge in [-0.3, -0.25) is 0 Å². The number of hydrogen-bond acceptors (Lipinski definition) is 3. The van der Waals surface area contributed by atoms with Crippen LogP contribution in [-0.4, -0.2) is 18.2 Å². The van der Waals surface area contributed by atoms with E-state index in [4.69, 9.17) is 9.84 Å². The van der Waals surface area contributed by atoms with Crippen LogP contribution in [0.4, 0.5) is 4.39 Å². The Morgan fingerprint density at radius 1 is 1.03 bits per heavy atom. The molecule has 0 aliphatic heterocycles. The summed E-state index contributed by atoms with van der Waals surface area (Å²) in [7, 11) is 1.65. The normalized spacial score (nSPS) is 12.0. The molecule has 4 rings (SSSR count). The van der Waals surface area contributed by atoms with Crippen molar-refractivity contribution in [3.8, 4) is 16.9 Å². The SMILES string of the molecule is COc1cccc(CNC(C)c2cc(-c3ccc(C(=O)O)c(F)c3)c3ccccc3c2)c1. The van der Waals surface area contributed by atoms with E-state index in [2.05, 4.69) is 18.3 Å². The lowest BCUT2D eigenvalue weighted by Crippen LogP contribution is -2.18. The van der Waals surface area contributed by atoms with Gasteiger partial charge in [-0.2, -0.15) is 0 Å². The molecule has 0 saturated carbocycles. The zero-order chi connectivity index (χ0) is 22.7. The topological polar surface area (TPSA) is 58.6 Å². The Kier molecular flexibility index (Phi) is 6.19. The summed E-state index contributed by atoms with van der Waals surface area (Å²) in [5, 5.41) is 14.7. The summed E-state index contributed by atoms with van der Waals surface area (Å²) >= 11 is 0. The molecule has 0 saturated heterocycles. The van der Waals surface area contributed by atoms with Crippen molar-refractivity contribution in [2.24, 2.45) is 0 Å². The molecule has 0 bridgehead atoms. The first kappa shape index (κ1) is 21.5. The molecular weight excluding hydrogens is 405 g/mol. The molecule has 0 fully saturated rings. The van der Waals surface area contributed by atoms with Crippen LogP contribution >= 0.6 is 0 Å². The Balaban J connectivity index is 1.68. The smallest absolute Gasteiger partial charge is 0.338 e. The molecule has 0 aliphatic carbocycles. The number of carboxylic acids is 1. The van der Waals surface area contributed by atoms with E-state index in [0.717, 1.165) is 33.2 Å². The molecule has 0 heterocycles. The van der Waals surface area contributed by atoms with Crippen LogP contribution < -0.4 is 10.1 Å². The largest absolute Gasteiger partial charge is 0.497 e. The van der Waals surface area contributed by atoms with Crippen LogP contribution in [0.25, 0.3) is 21.9 Å². The second kappa shape index (κ2) is 9.20. The summed E-state index contributed by atoms with van der Waals surface area (Å²) in [5.74, 6) is -1.20. The molecule has 0 aromatic heterocycles. The molecule has 32 heavy (non-hydrogen) atoms. The first-order chi connectivity index (χ1) is 15.5. The summed E-state index contributed by atoms with van der Waals surface area (Å²) in [5.41, 5.74) is 3.35. The van der Waals surface area contributed by atoms with Gasteiger partial charge in [0.1, 0.15) is 11.6 Å². The third-order valence-corrected chi connectivity index (χ3v) is 5.64. The minimum Gasteiger partial charge on any atom is -0.497 e. The minimum absolute atomic E-state index is 0.0349. The van der Waals surface area contributed by atoms with Crippen molar-refractivity contribution in [1.29, 1.82) is 0 Å². The molecule has 5 heteroatoms. The predicted octanol–water partition coefficient (Wildman–Crippen LogP) is 6.20. The van der Waals surface area contributed by atoms with Crippen molar-refractivity contribution in [2.45, 2.75) is 19.5 Å². The second-order valence-corrected chi connectivity index (χ2v) is 7.74. The van der Waals surface area contributed by atoms with Gasteiger partial charge < -0.3 is 15.2 Å². The summed E-state index contributed by atoms with van der Waals surface area (Å²) in [6.45, 7) is 2.75. The first-order valence-corrected chi connectivity index (χ1v) is 10.4. The van der Waals surface area contributed by atoms with Gasteiger partial charge in [0.15, 0.2) is 0 Å². The van der Waals surface area contributed by atoms with Gasteiger partial charge in [-0.15, -0.1) is 0 Å². The summed E-state index contributed by atoms with van der Waals surface area (Å²) in [6, 6.07) is 24.3. The number of methoxy groups -OCH3 is 1. The lowest BCUT2D eigenvalue weighted by molar-refractivity contribution is 0.0692. The maximum atomic E-state index is 14.4. The van der Waals surface area contributed by atoms with Gasteiger partial charge in [0.2, 0.25) is 0 Å². The molecule has 4 aromatic carbocycles. The van der Waals surface area contributed by atoms with Crippen molar-refractivity contribution >= 4 is 16.7 Å². The van der Waals surface area contributed by atoms with E-state index in [1.807, 2.05) is 54.6 Å². The highest BCUT2D eigenvalue weighted by Crippen LogP contribution is 2.33. The van der Waals surface area contributed by atoms with Gasteiger partial charge in [0, 0.05) is 12.6 Å². The van der Waals surface area contributed by atoms with Crippen LogP contribution in [0.2, 0.25) is 0 Å². The molecular formula is C27H24FNO3. The highest BCUT2D eigenvalue weighted by Gasteiger charge is 2.15. The van der Waals surface area contributed by atoms with E-state index in [1.165, 1.54) is 12.1 Å². The number of aromatic carboxylic acids is 1. The number of rotatable bonds is 7. The number of fused-ring (bicyclic) bond motifs is 1. The maximum Gasteiger partial charge on any atom is 0.338 e. The average Bonchev–Trinajstić information content (AvgIpc) is 2.81. The van der Waals surface area contributed by atoms with Crippen molar-refractivity contribution in [2.75, 3.05) is 7.11 Å². The van der Waals surface area contributed by atoms with Crippen molar-refractivity contribution in [3.63, 3.8) is 0 Å². The molecule has 1 unspecified atom stereocenters. The fourth-order valence-electron chi connectivity index (χ4n) is 3.85. The van der Waals surface area contributed by atoms with Crippen molar-refractivity contribution < 1.29 is 19.0 Å². The van der Waals surface area contributed by atoms with Gasteiger partial charge in [-0.25, -0.2) is 9.18 Å². The fourth-order valence-corrected chi connectivity index (χ4v) is 3.85. The highest BCUT2D eigenvalue weighted by molar-refractivity contribution is 5.98. The van der Waals surface area contributed by atoms with Crippen LogP contribution in [0.15, 0.2) is 78.9 Å². The Hall–Kier alpha value is -3.70. The van der Waals surface area contributed by atoms with E-state index in [1.54, 1.807) is 13.2 Å². The second-order valence-electron chi connectivity index (χ2n) is 7.74. The number of hydrogen-bond donors (Lipinski definition) is 2. The fraction of sp³-hybridized carbons (Fsp3) is 0.148. The van der Waals surface area contributed by atoms with Crippen LogP contribution in [0.3, 0.4) is 0 Å². The van der Waals surface area contributed by atoms with E-state index in [9.17, 15) is 9.18 Å². The zero-order valence-corrected chi connectivity index (χ0v) is 17.9. The number of benzene rings is 4. The molecule has 4 nitrogen and oxygen atoms in total. The van der Waals surface area contributed by atoms with Crippen molar-refractivity contribution in [3.05, 3.63) is 101 Å². The maximum absolute atomic E-state index is 14.4. The van der Waals surface area contributed by atoms with E-state index in [0.29, 0.717) is 12.1 Å². The van der Waals surface area contributed by atoms with Gasteiger partial charge >= 0.3 is 5.97 Å². The standard InChI is InChI=1S/C27H24FNO3/c1-17(29-16-18-6-5-8-22(12-18)32-2)21-13-19-7-3-4-9-23(19)25(14-21)20-10-11-24(27(30)31)26(28)15-20/h3-15,17,29H,16H2,1-2H3,(H,30,31). The molecule has 4 aromatic rings.